The minimum absolute atomic E-state index is 0. The number of aromatic amines is 1. The van der Waals surface area contributed by atoms with Gasteiger partial charge in [0.25, 0.3) is 5.91 Å². The second-order valence-electron chi connectivity index (χ2n) is 5.62. The van der Waals surface area contributed by atoms with Gasteiger partial charge in [0.05, 0.1) is 22.3 Å². The van der Waals surface area contributed by atoms with Crippen LogP contribution in [0.1, 0.15) is 33.8 Å². The van der Waals surface area contributed by atoms with E-state index in [9.17, 15) is 4.79 Å². The summed E-state index contributed by atoms with van der Waals surface area (Å²) < 4.78 is 6.05. The first-order chi connectivity index (χ1) is 11.1. The van der Waals surface area contributed by atoms with Crippen molar-refractivity contribution in [2.75, 3.05) is 0 Å². The van der Waals surface area contributed by atoms with E-state index in [1.165, 1.54) is 16.9 Å². The monoisotopic (exact) mass is 341 g/mol. The van der Waals surface area contributed by atoms with Gasteiger partial charge in [0, 0.05) is 0 Å². The largest absolute Gasteiger partial charge is 0.446 e. The highest BCUT2D eigenvalue weighted by Crippen LogP contribution is 2.47. The van der Waals surface area contributed by atoms with Crippen LogP contribution in [0, 0.1) is 6.92 Å². The number of nitrogens with one attached hydrogen (secondary N) is 1. The van der Waals surface area contributed by atoms with Gasteiger partial charge < -0.3 is 10.5 Å². The third-order valence-electron chi connectivity index (χ3n) is 4.04. The summed E-state index contributed by atoms with van der Waals surface area (Å²) in [6.07, 6.45) is 3.45. The molecule has 0 radical (unpaired) electrons. The number of hydrogen-bond acceptors (Lipinski definition) is 4. The summed E-state index contributed by atoms with van der Waals surface area (Å²) in [5.74, 6) is 0.329. The molecule has 0 fully saturated rings. The molecule has 4 rings (SSSR count). The van der Waals surface area contributed by atoms with E-state index in [-0.39, 0.29) is 7.43 Å². The minimum Gasteiger partial charge on any atom is -0.446 e. The lowest BCUT2D eigenvalue weighted by molar-refractivity contribution is 0.100. The Morgan fingerprint density at radius 2 is 2.04 bits per heavy atom. The van der Waals surface area contributed by atoms with Crippen LogP contribution in [0.15, 0.2) is 30.5 Å². The molecule has 2 heterocycles. The number of carbonyl (C=O) groups excluding carboxylic acids is 1. The molecule has 3 aromatic rings. The molecule has 0 atom stereocenters. The molecule has 0 spiro atoms. The number of nitrogens with two attached hydrogens (primary N) is 1. The van der Waals surface area contributed by atoms with E-state index < -0.39 is 5.91 Å². The van der Waals surface area contributed by atoms with Crippen molar-refractivity contribution in [1.29, 1.82) is 0 Å². The lowest BCUT2D eigenvalue weighted by Crippen LogP contribution is -2.13. The summed E-state index contributed by atoms with van der Waals surface area (Å²) in [4.78, 5) is 12.4. The van der Waals surface area contributed by atoms with E-state index in [1.807, 2.05) is 37.4 Å². The maximum atomic E-state index is 11.8. The lowest BCUT2D eigenvalue weighted by atomic mass is 9.92. The third kappa shape index (κ3) is 2.59. The highest BCUT2D eigenvalue weighted by molar-refractivity contribution is 7.16. The average molecular weight is 341 g/mol. The fraction of sp³-hybridized carbons (Fsp3) is 0.222. The van der Waals surface area contributed by atoms with Crippen molar-refractivity contribution in [3.8, 4) is 22.1 Å². The quantitative estimate of drug-likeness (QED) is 0.753. The van der Waals surface area contributed by atoms with Crippen LogP contribution in [0.2, 0.25) is 0 Å². The number of thiophene rings is 1. The minimum atomic E-state index is -0.409. The van der Waals surface area contributed by atoms with Crippen LogP contribution >= 0.6 is 11.3 Å². The average Bonchev–Trinajstić information content (AvgIpc) is 3.13. The number of benzene rings is 1. The molecular formula is C18H19N3O2S. The van der Waals surface area contributed by atoms with Crippen molar-refractivity contribution in [1.82, 2.24) is 10.2 Å². The molecule has 5 nitrogen and oxygen atoms in total. The van der Waals surface area contributed by atoms with E-state index in [0.29, 0.717) is 9.94 Å². The fourth-order valence-electron chi connectivity index (χ4n) is 2.89. The van der Waals surface area contributed by atoms with Crippen molar-refractivity contribution in [2.24, 2.45) is 5.73 Å². The Kier molecular flexibility index (Phi) is 4.15. The van der Waals surface area contributed by atoms with E-state index in [0.717, 1.165) is 41.0 Å². The summed E-state index contributed by atoms with van der Waals surface area (Å²) in [5, 5.41) is 7.83. The maximum Gasteiger partial charge on any atom is 0.259 e. The second-order valence-corrected chi connectivity index (χ2v) is 6.60. The van der Waals surface area contributed by atoms with Gasteiger partial charge in [0.15, 0.2) is 5.06 Å². The molecule has 6 heteroatoms. The Morgan fingerprint density at radius 1 is 1.29 bits per heavy atom. The summed E-state index contributed by atoms with van der Waals surface area (Å²) in [6, 6.07) is 7.82. The number of hydrogen-bond donors (Lipinski definition) is 2. The van der Waals surface area contributed by atoms with Crippen LogP contribution in [0.5, 0.6) is 10.8 Å². The molecule has 3 N–H and O–H groups in total. The molecule has 124 valence electrons. The van der Waals surface area contributed by atoms with E-state index >= 15 is 0 Å². The number of primary amides is 1. The standard InChI is InChI=1S/C17H15N3O2S.CH4/c1-9-2-5-11(6-3-9)22-17-13-12(15(23-17)16(18)21)7-4-10-8-19-20-14(10)13;/h2-3,5-6,8H,4,7H2,1H3,(H2,18,21)(H,19,20);1H4. The van der Waals surface area contributed by atoms with Gasteiger partial charge in [-0.2, -0.15) is 5.10 Å². The number of rotatable bonds is 3. The van der Waals surface area contributed by atoms with Crippen LogP contribution in [0.4, 0.5) is 0 Å². The fourth-order valence-corrected chi connectivity index (χ4v) is 3.97. The summed E-state index contributed by atoms with van der Waals surface area (Å²) in [7, 11) is 0. The van der Waals surface area contributed by atoms with E-state index in [4.69, 9.17) is 10.5 Å². The molecule has 0 saturated heterocycles. The van der Waals surface area contributed by atoms with E-state index in [2.05, 4.69) is 10.2 Å². The van der Waals surface area contributed by atoms with Crippen molar-refractivity contribution in [2.45, 2.75) is 27.2 Å². The zero-order valence-corrected chi connectivity index (χ0v) is 13.4. The summed E-state index contributed by atoms with van der Waals surface area (Å²) in [5.41, 5.74) is 10.7. The van der Waals surface area contributed by atoms with Gasteiger partial charge in [0.1, 0.15) is 5.75 Å². The first-order valence-corrected chi connectivity index (χ1v) is 8.17. The lowest BCUT2D eigenvalue weighted by Gasteiger charge is -2.14. The van der Waals surface area contributed by atoms with Crippen LogP contribution < -0.4 is 10.5 Å². The number of ether oxygens (including phenoxy) is 1. The number of aryl methyl sites for hydroxylation is 2. The zero-order valence-electron chi connectivity index (χ0n) is 12.6. The predicted octanol–water partition coefficient (Wildman–Crippen LogP) is 4.07. The Morgan fingerprint density at radius 3 is 2.75 bits per heavy atom. The van der Waals surface area contributed by atoms with Gasteiger partial charge >= 0.3 is 0 Å². The molecule has 2 aromatic heterocycles. The number of carbonyl (C=O) groups is 1. The van der Waals surface area contributed by atoms with Gasteiger partial charge in [-0.15, -0.1) is 0 Å². The Hall–Kier alpha value is -2.60. The SMILES string of the molecule is C.Cc1ccc(Oc2sc(C(N)=O)c3c2-c2[nH]ncc2CC3)cc1. The normalized spacial score (nSPS) is 12.0. The molecule has 0 saturated carbocycles. The topological polar surface area (TPSA) is 81.0 Å². The second kappa shape index (κ2) is 6.13. The number of aromatic nitrogens is 2. The molecular weight excluding hydrogens is 322 g/mol. The van der Waals surface area contributed by atoms with Crippen LogP contribution in [-0.2, 0) is 12.8 Å². The van der Waals surface area contributed by atoms with Crippen molar-refractivity contribution in [3.63, 3.8) is 0 Å². The molecule has 0 bridgehead atoms. The van der Waals surface area contributed by atoms with Crippen molar-refractivity contribution in [3.05, 3.63) is 52.0 Å². The number of fused-ring (bicyclic) bond motifs is 3. The number of H-pyrrole nitrogens is 1. The van der Waals surface area contributed by atoms with Gasteiger partial charge in [-0.05, 0) is 43.0 Å². The molecule has 0 unspecified atom stereocenters. The Labute approximate surface area is 144 Å². The number of amides is 1. The van der Waals surface area contributed by atoms with Crippen LogP contribution in [0.25, 0.3) is 11.3 Å². The zero-order chi connectivity index (χ0) is 16.0. The van der Waals surface area contributed by atoms with E-state index in [1.54, 1.807) is 0 Å². The smallest absolute Gasteiger partial charge is 0.259 e. The number of nitrogens with zero attached hydrogens (tertiary/aromatic N) is 1. The maximum absolute atomic E-state index is 11.8. The third-order valence-corrected chi connectivity index (χ3v) is 5.17. The Balaban J connectivity index is 0.00000169. The predicted molar refractivity (Wildman–Crippen MR) is 95.8 cm³/mol. The molecule has 1 aliphatic rings. The van der Waals surface area contributed by atoms with Gasteiger partial charge in [-0.3, -0.25) is 9.89 Å². The first kappa shape index (κ1) is 16.3. The molecule has 1 amide bonds. The highest BCUT2D eigenvalue weighted by atomic mass is 32.1. The van der Waals surface area contributed by atoms with Crippen LogP contribution in [0.3, 0.4) is 0 Å². The van der Waals surface area contributed by atoms with Gasteiger partial charge in [0.2, 0.25) is 0 Å². The van der Waals surface area contributed by atoms with Crippen LogP contribution in [-0.4, -0.2) is 16.1 Å². The highest BCUT2D eigenvalue weighted by Gasteiger charge is 2.29. The summed E-state index contributed by atoms with van der Waals surface area (Å²) >= 11 is 1.30. The van der Waals surface area contributed by atoms with Gasteiger partial charge in [-0.1, -0.05) is 36.5 Å². The Bertz CT molecular complexity index is 894. The van der Waals surface area contributed by atoms with Gasteiger partial charge in [-0.25, -0.2) is 0 Å². The first-order valence-electron chi connectivity index (χ1n) is 7.36. The molecule has 1 aromatic carbocycles. The van der Waals surface area contributed by atoms with Crippen molar-refractivity contribution >= 4 is 17.2 Å². The summed E-state index contributed by atoms with van der Waals surface area (Å²) in [6.45, 7) is 2.03. The molecule has 1 aliphatic carbocycles. The molecule has 0 aliphatic heterocycles. The van der Waals surface area contributed by atoms with Crippen molar-refractivity contribution < 1.29 is 9.53 Å². The molecule has 24 heavy (non-hydrogen) atoms.